The number of sulfonamides is 1. The van der Waals surface area contributed by atoms with Gasteiger partial charge in [0, 0.05) is 41.2 Å². The standard InChI is InChI=1S/C20H16BrN5O2S/c1-25(29(27,28)19-7-5-17(21)6-8-19)24-13-18-12-23-20-9-4-16(14-26(18)20)15-3-2-10-22-11-15/h2-14H,1H3/b24-13+. The summed E-state index contributed by atoms with van der Waals surface area (Å²) in [4.78, 5) is 8.65. The second-order valence-corrected chi connectivity index (χ2v) is 9.07. The number of pyridine rings is 2. The lowest BCUT2D eigenvalue weighted by Gasteiger charge is -2.13. The molecule has 1 aromatic carbocycles. The summed E-state index contributed by atoms with van der Waals surface area (Å²) in [5.74, 6) is 0. The first kappa shape index (κ1) is 19.3. The van der Waals surface area contributed by atoms with E-state index in [1.165, 1.54) is 25.4 Å². The monoisotopic (exact) mass is 469 g/mol. The number of fused-ring (bicyclic) bond motifs is 1. The van der Waals surface area contributed by atoms with Gasteiger partial charge in [0.15, 0.2) is 0 Å². The van der Waals surface area contributed by atoms with Crippen LogP contribution in [-0.2, 0) is 10.0 Å². The number of hydrogen-bond acceptors (Lipinski definition) is 5. The molecule has 3 aromatic heterocycles. The van der Waals surface area contributed by atoms with Crippen LogP contribution in [-0.4, -0.2) is 40.5 Å². The number of hydrazone groups is 1. The van der Waals surface area contributed by atoms with Crippen molar-refractivity contribution in [3.05, 3.63) is 83.5 Å². The molecule has 4 aromatic rings. The van der Waals surface area contributed by atoms with Gasteiger partial charge in [0.05, 0.1) is 23.0 Å². The first-order valence-electron chi connectivity index (χ1n) is 8.61. The average Bonchev–Trinajstić information content (AvgIpc) is 3.15. The van der Waals surface area contributed by atoms with Crippen molar-refractivity contribution in [1.82, 2.24) is 18.8 Å². The van der Waals surface area contributed by atoms with Crippen LogP contribution < -0.4 is 0 Å². The van der Waals surface area contributed by atoms with Gasteiger partial charge in [-0.3, -0.25) is 9.38 Å². The molecular weight excluding hydrogens is 454 g/mol. The number of aromatic nitrogens is 3. The molecule has 0 aliphatic rings. The molecule has 4 rings (SSSR count). The van der Waals surface area contributed by atoms with Crippen molar-refractivity contribution in [1.29, 1.82) is 0 Å². The highest BCUT2D eigenvalue weighted by Gasteiger charge is 2.19. The molecule has 29 heavy (non-hydrogen) atoms. The normalized spacial score (nSPS) is 11.9. The molecule has 0 saturated carbocycles. The third kappa shape index (κ3) is 3.92. The number of benzene rings is 1. The van der Waals surface area contributed by atoms with Crippen molar-refractivity contribution in [2.45, 2.75) is 4.90 Å². The molecule has 0 aliphatic heterocycles. The number of rotatable bonds is 5. The van der Waals surface area contributed by atoms with E-state index >= 15 is 0 Å². The number of hydrogen-bond donors (Lipinski definition) is 0. The third-order valence-electron chi connectivity index (χ3n) is 4.34. The molecule has 0 unspecified atom stereocenters. The zero-order valence-electron chi connectivity index (χ0n) is 15.3. The molecule has 3 heterocycles. The summed E-state index contributed by atoms with van der Waals surface area (Å²) >= 11 is 3.30. The highest BCUT2D eigenvalue weighted by Crippen LogP contribution is 2.20. The lowest BCUT2D eigenvalue weighted by atomic mass is 10.1. The van der Waals surface area contributed by atoms with Gasteiger partial charge in [0.1, 0.15) is 5.65 Å². The molecule has 0 fully saturated rings. The Bertz CT molecular complexity index is 1290. The van der Waals surface area contributed by atoms with Crippen LogP contribution in [0.5, 0.6) is 0 Å². The summed E-state index contributed by atoms with van der Waals surface area (Å²) in [6, 6.07) is 14.1. The van der Waals surface area contributed by atoms with E-state index in [0.717, 1.165) is 25.7 Å². The van der Waals surface area contributed by atoms with Gasteiger partial charge in [-0.05, 0) is 42.5 Å². The van der Waals surface area contributed by atoms with Crippen LogP contribution in [0, 0.1) is 0 Å². The number of halogens is 1. The Labute approximate surface area is 176 Å². The molecule has 0 radical (unpaired) electrons. The van der Waals surface area contributed by atoms with Crippen LogP contribution in [0.3, 0.4) is 0 Å². The Hall–Kier alpha value is -3.04. The zero-order chi connectivity index (χ0) is 20.4. The van der Waals surface area contributed by atoms with Crippen molar-refractivity contribution in [2.75, 3.05) is 7.05 Å². The molecule has 0 saturated heterocycles. The second kappa shape index (κ2) is 7.76. The number of imidazole rings is 1. The summed E-state index contributed by atoms with van der Waals surface area (Å²) in [7, 11) is -2.34. The van der Waals surface area contributed by atoms with Gasteiger partial charge in [-0.1, -0.05) is 22.0 Å². The predicted octanol–water partition coefficient (Wildman–Crippen LogP) is 3.81. The topological polar surface area (TPSA) is 79.9 Å². The van der Waals surface area contributed by atoms with Crippen LogP contribution in [0.15, 0.2) is 87.8 Å². The molecule has 0 amide bonds. The van der Waals surface area contributed by atoms with Crippen molar-refractivity contribution < 1.29 is 8.42 Å². The van der Waals surface area contributed by atoms with Crippen molar-refractivity contribution in [3.63, 3.8) is 0 Å². The van der Waals surface area contributed by atoms with Gasteiger partial charge in [-0.15, -0.1) is 0 Å². The van der Waals surface area contributed by atoms with Crippen molar-refractivity contribution >= 4 is 37.8 Å². The molecule has 9 heteroatoms. The lowest BCUT2D eigenvalue weighted by Crippen LogP contribution is -2.22. The Morgan fingerprint density at radius 1 is 1.07 bits per heavy atom. The van der Waals surface area contributed by atoms with E-state index in [0.29, 0.717) is 5.69 Å². The average molecular weight is 470 g/mol. The molecule has 0 N–H and O–H groups in total. The van der Waals surface area contributed by atoms with Gasteiger partial charge in [0.2, 0.25) is 0 Å². The van der Waals surface area contributed by atoms with E-state index in [9.17, 15) is 8.42 Å². The summed E-state index contributed by atoms with van der Waals surface area (Å²) < 4.78 is 28.9. The summed E-state index contributed by atoms with van der Waals surface area (Å²) in [5.41, 5.74) is 3.33. The van der Waals surface area contributed by atoms with Gasteiger partial charge >= 0.3 is 0 Å². The van der Waals surface area contributed by atoms with E-state index in [1.807, 2.05) is 34.9 Å². The Morgan fingerprint density at radius 2 is 1.86 bits per heavy atom. The summed E-state index contributed by atoms with van der Waals surface area (Å²) in [6.45, 7) is 0. The summed E-state index contributed by atoms with van der Waals surface area (Å²) in [5, 5.41) is 4.13. The molecular formula is C20H16BrN5O2S. The minimum atomic E-state index is -3.74. The van der Waals surface area contributed by atoms with Crippen molar-refractivity contribution in [3.8, 4) is 11.1 Å². The Morgan fingerprint density at radius 3 is 2.59 bits per heavy atom. The maximum absolute atomic E-state index is 12.7. The van der Waals surface area contributed by atoms with Crippen LogP contribution in [0.2, 0.25) is 0 Å². The van der Waals surface area contributed by atoms with Crippen LogP contribution in [0.25, 0.3) is 16.8 Å². The molecule has 146 valence electrons. The van der Waals surface area contributed by atoms with E-state index in [1.54, 1.807) is 30.7 Å². The van der Waals surface area contributed by atoms with Gasteiger partial charge in [0.25, 0.3) is 10.0 Å². The van der Waals surface area contributed by atoms with E-state index < -0.39 is 10.0 Å². The predicted molar refractivity (Wildman–Crippen MR) is 115 cm³/mol. The third-order valence-corrected chi connectivity index (χ3v) is 6.53. The molecule has 0 atom stereocenters. The minimum absolute atomic E-state index is 0.164. The maximum atomic E-state index is 12.7. The van der Waals surface area contributed by atoms with E-state index in [2.05, 4.69) is 31.0 Å². The maximum Gasteiger partial charge on any atom is 0.278 e. The van der Waals surface area contributed by atoms with Crippen LogP contribution in [0.4, 0.5) is 0 Å². The SMILES string of the molecule is CN(/N=C/c1cnc2ccc(-c3cccnc3)cn12)S(=O)(=O)c1ccc(Br)cc1. The van der Waals surface area contributed by atoms with Gasteiger partial charge < -0.3 is 0 Å². The van der Waals surface area contributed by atoms with Crippen LogP contribution in [0.1, 0.15) is 5.69 Å². The number of nitrogens with zero attached hydrogens (tertiary/aromatic N) is 5. The highest BCUT2D eigenvalue weighted by molar-refractivity contribution is 9.10. The van der Waals surface area contributed by atoms with E-state index in [-0.39, 0.29) is 4.90 Å². The largest absolute Gasteiger partial charge is 0.298 e. The fourth-order valence-corrected chi connectivity index (χ4v) is 3.98. The first-order chi connectivity index (χ1) is 13.9. The highest BCUT2D eigenvalue weighted by atomic mass is 79.9. The zero-order valence-corrected chi connectivity index (χ0v) is 17.7. The molecule has 0 spiro atoms. The smallest absolute Gasteiger partial charge is 0.278 e. The lowest BCUT2D eigenvalue weighted by molar-refractivity contribution is 0.491. The molecule has 0 bridgehead atoms. The second-order valence-electron chi connectivity index (χ2n) is 6.21. The molecule has 7 nitrogen and oxygen atoms in total. The quantitative estimate of drug-likeness (QED) is 0.328. The minimum Gasteiger partial charge on any atom is -0.298 e. The van der Waals surface area contributed by atoms with E-state index in [4.69, 9.17) is 0 Å². The van der Waals surface area contributed by atoms with Gasteiger partial charge in [-0.2, -0.15) is 17.9 Å². The fourth-order valence-electron chi connectivity index (χ4n) is 2.76. The van der Waals surface area contributed by atoms with Crippen LogP contribution >= 0.6 is 15.9 Å². The molecule has 0 aliphatic carbocycles. The first-order valence-corrected chi connectivity index (χ1v) is 10.8. The van der Waals surface area contributed by atoms with Gasteiger partial charge in [-0.25, -0.2) is 4.98 Å². The van der Waals surface area contributed by atoms with Crippen molar-refractivity contribution in [2.24, 2.45) is 5.10 Å². The summed E-state index contributed by atoms with van der Waals surface area (Å²) in [6.07, 6.45) is 8.54. The Balaban J connectivity index is 1.65. The fraction of sp³-hybridized carbons (Fsp3) is 0.0500. The Kier molecular flexibility index (Phi) is 5.16.